The minimum atomic E-state index is 0.667. The molecular formula is C5H10ClNO. The van der Waals surface area contributed by atoms with Gasteiger partial charge in [0.05, 0.1) is 6.61 Å². The number of hydrogen-bond donors (Lipinski definition) is 0. The summed E-state index contributed by atoms with van der Waals surface area (Å²) in [5.74, 6) is 0.667. The Kier molecular flexibility index (Phi) is 2.59. The summed E-state index contributed by atoms with van der Waals surface area (Å²) in [7, 11) is 0. The Morgan fingerprint density at radius 3 is 3.00 bits per heavy atom. The monoisotopic (exact) mass is 135 g/mol. The van der Waals surface area contributed by atoms with Gasteiger partial charge in [-0.1, -0.05) is 0 Å². The maximum absolute atomic E-state index is 5.46. The second-order valence-electron chi connectivity index (χ2n) is 1.80. The Morgan fingerprint density at radius 2 is 2.50 bits per heavy atom. The second-order valence-corrected chi connectivity index (χ2v) is 2.18. The summed E-state index contributed by atoms with van der Waals surface area (Å²) in [6.45, 7) is 2.78. The van der Waals surface area contributed by atoms with Crippen LogP contribution in [0, 0.1) is 0 Å². The van der Waals surface area contributed by atoms with Gasteiger partial charge in [0, 0.05) is 19.0 Å². The predicted octanol–water partition coefficient (Wildman–Crippen LogP) is 0.863. The smallest absolute Gasteiger partial charge is 0.0698 e. The van der Waals surface area contributed by atoms with Crippen molar-refractivity contribution in [2.24, 2.45) is 0 Å². The number of alkyl halides is 1. The SMILES string of the molecule is ClCCN1CCCO1. The first-order valence-electron chi connectivity index (χ1n) is 2.87. The fraction of sp³-hybridized carbons (Fsp3) is 1.00. The van der Waals surface area contributed by atoms with Crippen molar-refractivity contribution in [2.75, 3.05) is 25.6 Å². The van der Waals surface area contributed by atoms with Crippen LogP contribution in [-0.4, -0.2) is 30.6 Å². The van der Waals surface area contributed by atoms with Crippen LogP contribution in [-0.2, 0) is 4.84 Å². The van der Waals surface area contributed by atoms with E-state index < -0.39 is 0 Å². The highest BCUT2D eigenvalue weighted by Crippen LogP contribution is 2.02. The molecule has 8 heavy (non-hydrogen) atoms. The number of halogens is 1. The lowest BCUT2D eigenvalue weighted by molar-refractivity contribution is -0.105. The normalized spacial score (nSPS) is 22.1. The van der Waals surface area contributed by atoms with Crippen molar-refractivity contribution >= 4 is 11.6 Å². The molecule has 0 aliphatic carbocycles. The minimum Gasteiger partial charge on any atom is -0.299 e. The van der Waals surface area contributed by atoms with E-state index in [0.29, 0.717) is 5.88 Å². The summed E-state index contributed by atoms with van der Waals surface area (Å²) < 4.78 is 0. The van der Waals surface area contributed by atoms with Crippen molar-refractivity contribution in [3.05, 3.63) is 0 Å². The van der Waals surface area contributed by atoms with Crippen LogP contribution in [0.15, 0.2) is 0 Å². The average Bonchev–Trinajstić information content (AvgIpc) is 2.19. The fourth-order valence-corrected chi connectivity index (χ4v) is 0.958. The molecule has 0 aromatic rings. The van der Waals surface area contributed by atoms with Crippen LogP contribution in [0.5, 0.6) is 0 Å². The van der Waals surface area contributed by atoms with Crippen molar-refractivity contribution in [3.63, 3.8) is 0 Å². The van der Waals surface area contributed by atoms with Crippen LogP contribution in [0.3, 0.4) is 0 Å². The van der Waals surface area contributed by atoms with Gasteiger partial charge in [0.15, 0.2) is 0 Å². The van der Waals surface area contributed by atoms with Gasteiger partial charge in [-0.05, 0) is 6.42 Å². The molecule has 1 fully saturated rings. The standard InChI is InChI=1S/C5H10ClNO/c6-2-4-7-3-1-5-8-7/h1-5H2. The molecule has 0 radical (unpaired) electrons. The van der Waals surface area contributed by atoms with Gasteiger partial charge < -0.3 is 0 Å². The first-order valence-corrected chi connectivity index (χ1v) is 3.41. The molecule has 0 unspecified atom stereocenters. The number of hydrogen-bond acceptors (Lipinski definition) is 2. The summed E-state index contributed by atoms with van der Waals surface area (Å²) in [5.41, 5.74) is 0. The van der Waals surface area contributed by atoms with Crippen LogP contribution in [0.2, 0.25) is 0 Å². The summed E-state index contributed by atoms with van der Waals surface area (Å²) in [5, 5.41) is 1.91. The molecule has 0 spiro atoms. The molecule has 2 nitrogen and oxygen atoms in total. The van der Waals surface area contributed by atoms with Gasteiger partial charge in [-0.25, -0.2) is 0 Å². The van der Waals surface area contributed by atoms with Crippen LogP contribution < -0.4 is 0 Å². The minimum absolute atomic E-state index is 0.667. The molecule has 48 valence electrons. The molecule has 1 aliphatic rings. The predicted molar refractivity (Wildman–Crippen MR) is 32.9 cm³/mol. The van der Waals surface area contributed by atoms with Crippen LogP contribution in [0.1, 0.15) is 6.42 Å². The molecule has 3 heteroatoms. The molecule has 0 aromatic carbocycles. The van der Waals surface area contributed by atoms with Gasteiger partial charge in [0.25, 0.3) is 0 Å². The third-order valence-corrected chi connectivity index (χ3v) is 1.33. The number of hydroxylamine groups is 2. The molecule has 1 saturated heterocycles. The summed E-state index contributed by atoms with van der Waals surface area (Å²) in [6, 6.07) is 0. The van der Waals surface area contributed by atoms with Gasteiger partial charge in [0.1, 0.15) is 0 Å². The topological polar surface area (TPSA) is 12.5 Å². The molecule has 0 amide bonds. The highest BCUT2D eigenvalue weighted by atomic mass is 35.5. The van der Waals surface area contributed by atoms with E-state index in [0.717, 1.165) is 26.1 Å². The fourth-order valence-electron chi connectivity index (χ4n) is 0.770. The van der Waals surface area contributed by atoms with Crippen molar-refractivity contribution in [1.82, 2.24) is 5.06 Å². The third-order valence-electron chi connectivity index (χ3n) is 1.16. The summed E-state index contributed by atoms with van der Waals surface area (Å²) >= 11 is 5.46. The zero-order valence-corrected chi connectivity index (χ0v) is 5.52. The van der Waals surface area contributed by atoms with Gasteiger partial charge in [0.2, 0.25) is 0 Å². The van der Waals surface area contributed by atoms with Crippen LogP contribution in [0.25, 0.3) is 0 Å². The molecule has 0 atom stereocenters. The lowest BCUT2D eigenvalue weighted by Gasteiger charge is -2.09. The van der Waals surface area contributed by atoms with Crippen LogP contribution in [0.4, 0.5) is 0 Å². The molecule has 1 heterocycles. The quantitative estimate of drug-likeness (QED) is 0.521. The second kappa shape index (κ2) is 3.28. The summed E-state index contributed by atoms with van der Waals surface area (Å²) in [4.78, 5) is 5.14. The van der Waals surface area contributed by atoms with Crippen molar-refractivity contribution < 1.29 is 4.84 Å². The molecule has 1 aliphatic heterocycles. The van der Waals surface area contributed by atoms with Gasteiger partial charge >= 0.3 is 0 Å². The van der Waals surface area contributed by atoms with E-state index in [1.54, 1.807) is 0 Å². The van der Waals surface area contributed by atoms with E-state index in [9.17, 15) is 0 Å². The van der Waals surface area contributed by atoms with Crippen molar-refractivity contribution in [3.8, 4) is 0 Å². The number of nitrogens with zero attached hydrogens (tertiary/aromatic N) is 1. The highest BCUT2D eigenvalue weighted by molar-refractivity contribution is 6.18. The molecule has 1 rings (SSSR count). The average molecular weight is 136 g/mol. The summed E-state index contributed by atoms with van der Waals surface area (Å²) in [6.07, 6.45) is 1.15. The lowest BCUT2D eigenvalue weighted by Crippen LogP contribution is -2.19. The zero-order valence-electron chi connectivity index (χ0n) is 4.77. The Morgan fingerprint density at radius 1 is 1.62 bits per heavy atom. The highest BCUT2D eigenvalue weighted by Gasteiger charge is 2.09. The van der Waals surface area contributed by atoms with E-state index in [1.165, 1.54) is 0 Å². The van der Waals surface area contributed by atoms with E-state index in [1.807, 2.05) is 5.06 Å². The van der Waals surface area contributed by atoms with E-state index in [2.05, 4.69) is 0 Å². The number of rotatable bonds is 2. The Bertz CT molecular complexity index is 63.4. The molecule has 0 saturated carbocycles. The first-order chi connectivity index (χ1) is 3.93. The van der Waals surface area contributed by atoms with E-state index >= 15 is 0 Å². The van der Waals surface area contributed by atoms with Gasteiger partial charge in [-0.3, -0.25) is 4.84 Å². The maximum Gasteiger partial charge on any atom is 0.0698 e. The molecule has 0 N–H and O–H groups in total. The molecule has 0 aromatic heterocycles. The van der Waals surface area contributed by atoms with Gasteiger partial charge in [-0.2, -0.15) is 5.06 Å². The van der Waals surface area contributed by atoms with Gasteiger partial charge in [-0.15, -0.1) is 11.6 Å². The largest absolute Gasteiger partial charge is 0.299 e. The maximum atomic E-state index is 5.46. The van der Waals surface area contributed by atoms with Crippen molar-refractivity contribution in [1.29, 1.82) is 0 Å². The van der Waals surface area contributed by atoms with Crippen molar-refractivity contribution in [2.45, 2.75) is 6.42 Å². The molecule has 0 bridgehead atoms. The van der Waals surface area contributed by atoms with E-state index in [-0.39, 0.29) is 0 Å². The van der Waals surface area contributed by atoms with Crippen LogP contribution >= 0.6 is 11.6 Å². The Labute approximate surface area is 54.3 Å². The molecular weight excluding hydrogens is 126 g/mol. The lowest BCUT2D eigenvalue weighted by atomic mass is 10.5. The Balaban J connectivity index is 2.06. The third kappa shape index (κ3) is 1.62. The zero-order chi connectivity index (χ0) is 5.82. The Hall–Kier alpha value is 0.210. The first kappa shape index (κ1) is 6.33. The van der Waals surface area contributed by atoms with E-state index in [4.69, 9.17) is 16.4 Å².